The zero-order chi connectivity index (χ0) is 10.1. The van der Waals surface area contributed by atoms with Gasteiger partial charge < -0.3 is 5.32 Å². The highest BCUT2D eigenvalue weighted by atomic mass is 127. The summed E-state index contributed by atoms with van der Waals surface area (Å²) in [5.41, 5.74) is 1.97. The highest BCUT2D eigenvalue weighted by molar-refractivity contribution is 14.1. The largest absolute Gasteiger partial charge is 0.383 e. The first-order chi connectivity index (χ1) is 6.70. The van der Waals surface area contributed by atoms with E-state index < -0.39 is 0 Å². The first kappa shape index (κ1) is 9.76. The Morgan fingerprint density at radius 3 is 3.00 bits per heavy atom. The number of halogens is 1. The third-order valence-electron chi connectivity index (χ3n) is 2.33. The lowest BCUT2D eigenvalue weighted by Gasteiger charge is -2.15. The van der Waals surface area contributed by atoms with Crippen LogP contribution in [-0.4, -0.2) is 12.5 Å². The lowest BCUT2D eigenvalue weighted by molar-refractivity contribution is -0.119. The second kappa shape index (κ2) is 3.76. The molecule has 0 aromatic heterocycles. The number of hydrogen-bond acceptors (Lipinski definition) is 2. The maximum absolute atomic E-state index is 11.8. The van der Waals surface area contributed by atoms with Crippen LogP contribution >= 0.6 is 22.9 Å². The van der Waals surface area contributed by atoms with Gasteiger partial charge in [0.2, 0.25) is 5.91 Å². The molecule has 4 heteroatoms. The molecule has 1 atom stereocenters. The van der Waals surface area contributed by atoms with Gasteiger partial charge in [-0.3, -0.25) is 7.91 Å². The quantitative estimate of drug-likeness (QED) is 0.590. The predicted octanol–water partition coefficient (Wildman–Crippen LogP) is 2.43. The highest BCUT2D eigenvalue weighted by Crippen LogP contribution is 2.32. The highest BCUT2D eigenvalue weighted by Gasteiger charge is 2.25. The molecule has 1 aromatic rings. The molecule has 1 amide bonds. The lowest BCUT2D eigenvalue weighted by atomic mass is 10.2. The van der Waals surface area contributed by atoms with E-state index in [1.54, 1.807) is 3.11 Å². The van der Waals surface area contributed by atoms with Gasteiger partial charge in [0, 0.05) is 6.54 Å². The van der Waals surface area contributed by atoms with Crippen LogP contribution in [0.2, 0.25) is 0 Å². The van der Waals surface area contributed by atoms with Crippen LogP contribution < -0.4 is 8.43 Å². The molecule has 0 saturated carbocycles. The zero-order valence-electron chi connectivity index (χ0n) is 7.83. The van der Waals surface area contributed by atoms with Crippen molar-refractivity contribution in [3.05, 3.63) is 24.3 Å². The third-order valence-corrected chi connectivity index (χ3v) is 3.32. The van der Waals surface area contributed by atoms with Crippen LogP contribution in [0.25, 0.3) is 0 Å². The molecule has 0 radical (unpaired) electrons. The summed E-state index contributed by atoms with van der Waals surface area (Å²) in [4.78, 5) is 11.8. The Hall–Kier alpha value is -0.780. The van der Waals surface area contributed by atoms with Crippen molar-refractivity contribution in [3.8, 4) is 0 Å². The van der Waals surface area contributed by atoms with Gasteiger partial charge in [-0.15, -0.1) is 0 Å². The van der Waals surface area contributed by atoms with Crippen molar-refractivity contribution < 1.29 is 4.79 Å². The Balaban J connectivity index is 2.45. The van der Waals surface area contributed by atoms with Gasteiger partial charge in [-0.1, -0.05) is 19.1 Å². The number of hydrogen-bond donors (Lipinski definition) is 1. The molecule has 1 aliphatic rings. The molecule has 0 spiro atoms. The van der Waals surface area contributed by atoms with E-state index in [1.807, 2.05) is 31.2 Å². The van der Waals surface area contributed by atoms with Crippen LogP contribution in [0.1, 0.15) is 6.92 Å². The summed E-state index contributed by atoms with van der Waals surface area (Å²) in [5, 5.41) is 3.27. The van der Waals surface area contributed by atoms with Crippen molar-refractivity contribution in [1.29, 1.82) is 0 Å². The number of amides is 1. The van der Waals surface area contributed by atoms with Gasteiger partial charge in [-0.05, 0) is 12.1 Å². The summed E-state index contributed by atoms with van der Waals surface area (Å²) in [6, 6.07) is 7.85. The Labute approximate surface area is 97.0 Å². The van der Waals surface area contributed by atoms with Crippen LogP contribution in [0.5, 0.6) is 0 Å². The molecule has 0 fully saturated rings. The second-order valence-electron chi connectivity index (χ2n) is 3.42. The number of carbonyl (C=O) groups excluding carboxylic acids is 1. The molecule has 74 valence electrons. The SMILES string of the molecule is CC1CNc2ccccc2N(I)C1=O. The first-order valence-electron chi connectivity index (χ1n) is 4.53. The summed E-state index contributed by atoms with van der Waals surface area (Å²) in [7, 11) is 0. The number of para-hydroxylation sites is 2. The fourth-order valence-corrected chi connectivity index (χ4v) is 2.35. The number of fused-ring (bicyclic) bond motifs is 1. The monoisotopic (exact) mass is 302 g/mol. The van der Waals surface area contributed by atoms with Crippen molar-refractivity contribution in [2.24, 2.45) is 5.92 Å². The average molecular weight is 302 g/mol. The summed E-state index contributed by atoms with van der Waals surface area (Å²) in [5.74, 6) is 0.183. The predicted molar refractivity (Wildman–Crippen MR) is 65.6 cm³/mol. The summed E-state index contributed by atoms with van der Waals surface area (Å²) in [6.45, 7) is 2.64. The van der Waals surface area contributed by atoms with Gasteiger partial charge in [-0.2, -0.15) is 0 Å². The molecule has 14 heavy (non-hydrogen) atoms. The van der Waals surface area contributed by atoms with Crippen LogP contribution in [-0.2, 0) is 4.79 Å². The van der Waals surface area contributed by atoms with E-state index in [9.17, 15) is 4.79 Å². The van der Waals surface area contributed by atoms with E-state index >= 15 is 0 Å². The van der Waals surface area contributed by atoms with Crippen molar-refractivity contribution in [1.82, 2.24) is 0 Å². The molecule has 0 saturated heterocycles. The number of anilines is 2. The molecular formula is C10H11IN2O. The van der Waals surface area contributed by atoms with E-state index in [-0.39, 0.29) is 11.8 Å². The first-order valence-corrected chi connectivity index (χ1v) is 5.49. The third kappa shape index (κ3) is 1.58. The van der Waals surface area contributed by atoms with Crippen LogP contribution in [0, 0.1) is 5.92 Å². The van der Waals surface area contributed by atoms with Gasteiger partial charge in [0.05, 0.1) is 40.2 Å². The van der Waals surface area contributed by atoms with Crippen molar-refractivity contribution >= 4 is 40.1 Å². The maximum Gasteiger partial charge on any atom is 0.240 e. The van der Waals surface area contributed by atoms with Gasteiger partial charge in [0.1, 0.15) is 0 Å². The van der Waals surface area contributed by atoms with E-state index in [0.29, 0.717) is 6.54 Å². The zero-order valence-corrected chi connectivity index (χ0v) is 9.98. The molecule has 0 bridgehead atoms. The summed E-state index contributed by atoms with van der Waals surface area (Å²) < 4.78 is 1.69. The van der Waals surface area contributed by atoms with E-state index in [2.05, 4.69) is 28.2 Å². The molecule has 1 aromatic carbocycles. The summed E-state index contributed by atoms with van der Waals surface area (Å²) in [6.07, 6.45) is 0. The van der Waals surface area contributed by atoms with Crippen LogP contribution in [0.15, 0.2) is 24.3 Å². The molecule has 2 rings (SSSR count). The Morgan fingerprint density at radius 2 is 2.21 bits per heavy atom. The van der Waals surface area contributed by atoms with Gasteiger partial charge in [-0.25, -0.2) is 0 Å². The molecule has 3 nitrogen and oxygen atoms in total. The standard InChI is InChI=1S/C10H11IN2O/c1-7-6-12-8-4-2-3-5-9(8)13(11)10(7)14/h2-5,7,12H,6H2,1H3. The van der Waals surface area contributed by atoms with E-state index in [0.717, 1.165) is 11.4 Å². The van der Waals surface area contributed by atoms with Gasteiger partial charge >= 0.3 is 0 Å². The van der Waals surface area contributed by atoms with E-state index in [4.69, 9.17) is 0 Å². The second-order valence-corrected chi connectivity index (χ2v) is 4.38. The molecule has 1 unspecified atom stereocenters. The topological polar surface area (TPSA) is 32.3 Å². The average Bonchev–Trinajstić information content (AvgIpc) is 2.32. The fraction of sp³-hybridized carbons (Fsp3) is 0.300. The minimum atomic E-state index is 0.0271. The molecule has 0 aliphatic carbocycles. The minimum absolute atomic E-state index is 0.0271. The number of nitrogens with zero attached hydrogens (tertiary/aromatic N) is 1. The van der Waals surface area contributed by atoms with Crippen molar-refractivity contribution in [3.63, 3.8) is 0 Å². The summed E-state index contributed by atoms with van der Waals surface area (Å²) >= 11 is 2.06. The molecule has 1 N–H and O–H groups in total. The number of nitrogens with one attached hydrogen (secondary N) is 1. The van der Waals surface area contributed by atoms with Crippen LogP contribution in [0.3, 0.4) is 0 Å². The van der Waals surface area contributed by atoms with Gasteiger partial charge in [0.25, 0.3) is 0 Å². The Morgan fingerprint density at radius 1 is 1.50 bits per heavy atom. The smallest absolute Gasteiger partial charge is 0.240 e. The van der Waals surface area contributed by atoms with Crippen molar-refractivity contribution in [2.75, 3.05) is 15.0 Å². The lowest BCUT2D eigenvalue weighted by Crippen LogP contribution is -2.27. The normalized spacial score (nSPS) is 21.1. The van der Waals surface area contributed by atoms with E-state index in [1.165, 1.54) is 0 Å². The van der Waals surface area contributed by atoms with Crippen molar-refractivity contribution in [2.45, 2.75) is 6.92 Å². The molecule has 1 aliphatic heterocycles. The minimum Gasteiger partial charge on any atom is -0.383 e. The molecular weight excluding hydrogens is 291 g/mol. The van der Waals surface area contributed by atoms with Gasteiger partial charge in [0.15, 0.2) is 0 Å². The number of carbonyl (C=O) groups is 1. The number of rotatable bonds is 0. The number of benzene rings is 1. The molecule has 1 heterocycles. The Kier molecular flexibility index (Phi) is 2.62. The fourth-order valence-electron chi connectivity index (χ4n) is 1.46. The van der Waals surface area contributed by atoms with Crippen LogP contribution in [0.4, 0.5) is 11.4 Å². The Bertz CT molecular complexity index is 367. The maximum atomic E-state index is 11.8.